The van der Waals surface area contributed by atoms with Gasteiger partial charge in [-0.2, -0.15) is 0 Å². The summed E-state index contributed by atoms with van der Waals surface area (Å²) in [7, 11) is 4.14. The zero-order valence-corrected chi connectivity index (χ0v) is 18.5. The molecule has 3 aromatic rings. The first-order valence-corrected chi connectivity index (χ1v) is 10.8. The molecule has 1 aliphatic heterocycles. The van der Waals surface area contributed by atoms with Gasteiger partial charge >= 0.3 is 0 Å². The van der Waals surface area contributed by atoms with Crippen molar-refractivity contribution in [1.82, 2.24) is 24.8 Å². The Hall–Kier alpha value is -3.12. The Morgan fingerprint density at radius 1 is 1.13 bits per heavy atom. The van der Waals surface area contributed by atoms with Crippen LogP contribution >= 0.6 is 0 Å². The van der Waals surface area contributed by atoms with Gasteiger partial charge in [0.15, 0.2) is 5.82 Å². The quantitative estimate of drug-likeness (QED) is 0.623. The van der Waals surface area contributed by atoms with Crippen LogP contribution in [0.4, 0.5) is 0 Å². The summed E-state index contributed by atoms with van der Waals surface area (Å²) in [5, 5.41) is 0. The van der Waals surface area contributed by atoms with E-state index in [9.17, 15) is 4.79 Å². The molecule has 31 heavy (non-hydrogen) atoms. The first-order valence-electron chi connectivity index (χ1n) is 10.8. The highest BCUT2D eigenvalue weighted by atomic mass is 16.2. The van der Waals surface area contributed by atoms with Gasteiger partial charge in [0.1, 0.15) is 0 Å². The summed E-state index contributed by atoms with van der Waals surface area (Å²) in [6.07, 6.45) is 8.25. The van der Waals surface area contributed by atoms with Crippen LogP contribution in [-0.2, 0) is 6.54 Å². The Kier molecular flexibility index (Phi) is 6.37. The number of piperidine rings is 1. The molecular weight excluding hydrogens is 386 g/mol. The number of benzene rings is 1. The molecule has 6 heteroatoms. The number of rotatable bonds is 5. The molecular formula is C25H29N5O. The summed E-state index contributed by atoms with van der Waals surface area (Å²) in [5.74, 6) is 0.603. The summed E-state index contributed by atoms with van der Waals surface area (Å²) in [6.45, 7) is 3.55. The van der Waals surface area contributed by atoms with E-state index in [0.717, 1.165) is 37.9 Å². The maximum atomic E-state index is 13.5. The Morgan fingerprint density at radius 2 is 1.94 bits per heavy atom. The van der Waals surface area contributed by atoms with Crippen LogP contribution in [0.25, 0.3) is 11.4 Å². The highest BCUT2D eigenvalue weighted by Gasteiger charge is 2.30. The Morgan fingerprint density at radius 3 is 2.61 bits per heavy atom. The number of hydrogen-bond donors (Lipinski definition) is 0. The molecule has 0 saturated carbocycles. The van der Waals surface area contributed by atoms with E-state index in [-0.39, 0.29) is 11.9 Å². The highest BCUT2D eigenvalue weighted by molar-refractivity contribution is 5.95. The topological polar surface area (TPSA) is 62.2 Å². The van der Waals surface area contributed by atoms with Gasteiger partial charge in [-0.05, 0) is 63.5 Å². The summed E-state index contributed by atoms with van der Waals surface area (Å²) in [4.78, 5) is 30.8. The number of carbonyl (C=O) groups is 1. The minimum atomic E-state index is 0.0114. The first kappa shape index (κ1) is 21.1. The van der Waals surface area contributed by atoms with Gasteiger partial charge in [-0.15, -0.1) is 0 Å². The monoisotopic (exact) mass is 415 g/mol. The van der Waals surface area contributed by atoms with Gasteiger partial charge in [0.25, 0.3) is 5.91 Å². The molecule has 1 unspecified atom stereocenters. The predicted octanol–water partition coefficient (Wildman–Crippen LogP) is 4.28. The summed E-state index contributed by atoms with van der Waals surface area (Å²) in [5.41, 5.74) is 4.59. The van der Waals surface area contributed by atoms with E-state index in [1.54, 1.807) is 18.6 Å². The summed E-state index contributed by atoms with van der Waals surface area (Å²) < 4.78 is 0. The van der Waals surface area contributed by atoms with Crippen molar-refractivity contribution in [3.63, 3.8) is 0 Å². The molecule has 1 amide bonds. The molecule has 160 valence electrons. The molecule has 2 aromatic heterocycles. The fourth-order valence-corrected chi connectivity index (χ4v) is 4.20. The van der Waals surface area contributed by atoms with E-state index in [4.69, 9.17) is 0 Å². The minimum absolute atomic E-state index is 0.0114. The van der Waals surface area contributed by atoms with Gasteiger partial charge in [-0.25, -0.2) is 9.97 Å². The van der Waals surface area contributed by atoms with E-state index >= 15 is 0 Å². The molecule has 4 rings (SSSR count). The second kappa shape index (κ2) is 9.35. The van der Waals surface area contributed by atoms with Crippen LogP contribution in [0.1, 0.15) is 52.5 Å². The Bertz CT molecular complexity index is 1030. The molecule has 0 N–H and O–H groups in total. The Balaban J connectivity index is 1.57. The maximum absolute atomic E-state index is 13.5. The zero-order valence-electron chi connectivity index (χ0n) is 18.5. The fourth-order valence-electron chi connectivity index (χ4n) is 4.20. The molecule has 3 heterocycles. The predicted molar refractivity (Wildman–Crippen MR) is 121 cm³/mol. The standard InChI is InChI=1S/C25H29N5O/c1-18-22(16-27-24(28-18)21-7-6-13-26-15-21)25(31)30-14-5-4-8-23(30)20-11-9-19(10-12-20)17-29(2)3/h6-7,9-13,15-16,23H,4-5,8,14,17H2,1-3H3. The number of carbonyl (C=O) groups excluding carboxylic acids is 1. The second-order valence-corrected chi connectivity index (χ2v) is 8.42. The molecule has 0 radical (unpaired) electrons. The summed E-state index contributed by atoms with van der Waals surface area (Å²) in [6, 6.07) is 12.5. The second-order valence-electron chi connectivity index (χ2n) is 8.42. The number of pyridine rings is 1. The third-order valence-corrected chi connectivity index (χ3v) is 5.76. The smallest absolute Gasteiger partial charge is 0.257 e. The fraction of sp³-hybridized carbons (Fsp3) is 0.360. The molecule has 1 atom stereocenters. The zero-order chi connectivity index (χ0) is 21.8. The van der Waals surface area contributed by atoms with Crippen LogP contribution in [0.2, 0.25) is 0 Å². The lowest BCUT2D eigenvalue weighted by Gasteiger charge is -2.36. The van der Waals surface area contributed by atoms with Crippen molar-refractivity contribution in [3.05, 3.63) is 77.4 Å². The first-order chi connectivity index (χ1) is 15.0. The van der Waals surface area contributed by atoms with Gasteiger partial charge in [-0.3, -0.25) is 9.78 Å². The number of hydrogen-bond acceptors (Lipinski definition) is 5. The lowest BCUT2D eigenvalue weighted by Crippen LogP contribution is -2.39. The maximum Gasteiger partial charge on any atom is 0.257 e. The van der Waals surface area contributed by atoms with Gasteiger partial charge in [0.05, 0.1) is 17.3 Å². The van der Waals surface area contributed by atoms with Crippen LogP contribution in [0.5, 0.6) is 0 Å². The van der Waals surface area contributed by atoms with Crippen molar-refractivity contribution in [1.29, 1.82) is 0 Å². The van der Waals surface area contributed by atoms with Gasteiger partial charge in [-0.1, -0.05) is 24.3 Å². The molecule has 0 aliphatic carbocycles. The van der Waals surface area contributed by atoms with Crippen LogP contribution < -0.4 is 0 Å². The van der Waals surface area contributed by atoms with Gasteiger partial charge in [0, 0.05) is 37.2 Å². The van der Waals surface area contributed by atoms with E-state index in [2.05, 4.69) is 58.2 Å². The van der Waals surface area contributed by atoms with Crippen LogP contribution in [0.15, 0.2) is 55.0 Å². The van der Waals surface area contributed by atoms with E-state index < -0.39 is 0 Å². The average Bonchev–Trinajstić information content (AvgIpc) is 2.79. The number of aromatic nitrogens is 3. The Labute approximate surface area is 184 Å². The van der Waals surface area contributed by atoms with Crippen molar-refractivity contribution < 1.29 is 4.79 Å². The van der Waals surface area contributed by atoms with E-state index in [0.29, 0.717) is 17.1 Å². The van der Waals surface area contributed by atoms with Gasteiger partial charge in [0.2, 0.25) is 0 Å². The average molecular weight is 416 g/mol. The van der Waals surface area contributed by atoms with Crippen LogP contribution in [0.3, 0.4) is 0 Å². The van der Waals surface area contributed by atoms with E-state index in [1.807, 2.05) is 24.0 Å². The third kappa shape index (κ3) is 4.80. The number of likely N-dealkylation sites (tertiary alicyclic amines) is 1. The lowest BCUT2D eigenvalue weighted by atomic mass is 9.93. The highest BCUT2D eigenvalue weighted by Crippen LogP contribution is 2.32. The summed E-state index contributed by atoms with van der Waals surface area (Å²) >= 11 is 0. The number of aryl methyl sites for hydroxylation is 1. The van der Waals surface area contributed by atoms with E-state index in [1.165, 1.54) is 11.1 Å². The molecule has 6 nitrogen and oxygen atoms in total. The van der Waals surface area contributed by atoms with Gasteiger partial charge < -0.3 is 9.80 Å². The number of amides is 1. The van der Waals surface area contributed by atoms with Crippen molar-refractivity contribution in [2.75, 3.05) is 20.6 Å². The molecule has 1 aliphatic rings. The SMILES string of the molecule is Cc1nc(-c2cccnc2)ncc1C(=O)N1CCCCC1c1ccc(CN(C)C)cc1. The molecule has 1 fully saturated rings. The molecule has 1 saturated heterocycles. The van der Waals surface area contributed by atoms with Crippen LogP contribution in [0, 0.1) is 6.92 Å². The van der Waals surface area contributed by atoms with Crippen molar-refractivity contribution in [3.8, 4) is 11.4 Å². The van der Waals surface area contributed by atoms with Crippen LogP contribution in [-0.4, -0.2) is 51.3 Å². The molecule has 0 spiro atoms. The largest absolute Gasteiger partial charge is 0.332 e. The molecule has 0 bridgehead atoms. The van der Waals surface area contributed by atoms with Crippen molar-refractivity contribution in [2.45, 2.75) is 38.8 Å². The minimum Gasteiger partial charge on any atom is -0.332 e. The molecule has 1 aromatic carbocycles. The third-order valence-electron chi connectivity index (χ3n) is 5.76. The van der Waals surface area contributed by atoms with Crippen molar-refractivity contribution >= 4 is 5.91 Å². The lowest BCUT2D eigenvalue weighted by molar-refractivity contribution is 0.0610. The van der Waals surface area contributed by atoms with Crippen molar-refractivity contribution in [2.24, 2.45) is 0 Å². The normalized spacial score (nSPS) is 16.5. The number of nitrogens with zero attached hydrogens (tertiary/aromatic N) is 5.